The molecule has 0 bridgehead atoms. The predicted molar refractivity (Wildman–Crippen MR) is 130 cm³/mol. The molecule has 172 valence electrons. The van der Waals surface area contributed by atoms with Gasteiger partial charge in [-0.1, -0.05) is 22.9 Å². The van der Waals surface area contributed by atoms with Gasteiger partial charge in [0.05, 0.1) is 4.90 Å². The lowest BCUT2D eigenvalue weighted by atomic mass is 9.99. The molecule has 1 aromatic heterocycles. The van der Waals surface area contributed by atoms with E-state index in [9.17, 15) is 13.2 Å². The van der Waals surface area contributed by atoms with Crippen molar-refractivity contribution in [1.82, 2.24) is 10.2 Å². The summed E-state index contributed by atoms with van der Waals surface area (Å²) in [7, 11) is -3.78. The van der Waals surface area contributed by atoms with E-state index in [2.05, 4.69) is 19.8 Å². The van der Waals surface area contributed by atoms with E-state index in [1.54, 1.807) is 24.0 Å². The topological polar surface area (TPSA) is 95.5 Å². The van der Waals surface area contributed by atoms with Gasteiger partial charge in [0.1, 0.15) is 11.0 Å². The van der Waals surface area contributed by atoms with Gasteiger partial charge in [-0.05, 0) is 74.2 Å². The van der Waals surface area contributed by atoms with Crippen LogP contribution < -0.4 is 14.5 Å². The first-order valence-corrected chi connectivity index (χ1v) is 13.3. The Kier molecular flexibility index (Phi) is 5.75. The third-order valence-electron chi connectivity index (χ3n) is 5.96. The Morgan fingerprint density at radius 1 is 1.12 bits per heavy atom. The number of anilines is 3. The maximum absolute atomic E-state index is 13.3. The molecule has 2 aliphatic heterocycles. The fraction of sp³-hybridized carbons (Fsp3) is 0.318. The number of amides is 1. The van der Waals surface area contributed by atoms with E-state index in [1.807, 2.05) is 18.2 Å². The van der Waals surface area contributed by atoms with Crippen LogP contribution in [0.5, 0.6) is 0 Å². The number of hydrogen-bond acceptors (Lipinski definition) is 7. The molecule has 3 aromatic rings. The van der Waals surface area contributed by atoms with Crippen LogP contribution in [0.15, 0.2) is 47.4 Å². The zero-order valence-corrected chi connectivity index (χ0v) is 20.3. The average molecular weight is 504 g/mol. The van der Waals surface area contributed by atoms with E-state index in [-0.39, 0.29) is 22.0 Å². The fourth-order valence-electron chi connectivity index (χ4n) is 4.45. The van der Waals surface area contributed by atoms with Crippen LogP contribution >= 0.6 is 22.9 Å². The van der Waals surface area contributed by atoms with Crippen molar-refractivity contribution >= 4 is 55.4 Å². The van der Waals surface area contributed by atoms with Gasteiger partial charge < -0.3 is 9.80 Å². The first-order chi connectivity index (χ1) is 15.8. The molecule has 1 fully saturated rings. The maximum atomic E-state index is 13.3. The highest BCUT2D eigenvalue weighted by atomic mass is 35.5. The largest absolute Gasteiger partial charge is 0.359 e. The second-order valence-corrected chi connectivity index (χ2v) is 11.4. The molecular formula is C22H22ClN5O3S2. The van der Waals surface area contributed by atoms with Crippen molar-refractivity contribution in [3.05, 3.63) is 58.1 Å². The van der Waals surface area contributed by atoms with Crippen molar-refractivity contribution in [1.29, 1.82) is 0 Å². The SMILES string of the molecule is Cc1nnc(NS(=O)(=O)c2ccc(N3CC[C@H](N4CCCc5cc(Cl)ccc54)C3=O)cc2)s1. The number of carbonyl (C=O) groups excluding carboxylic acids is 1. The minimum Gasteiger partial charge on any atom is -0.359 e. The first-order valence-electron chi connectivity index (χ1n) is 10.6. The van der Waals surface area contributed by atoms with Crippen molar-refractivity contribution in [3.8, 4) is 0 Å². The van der Waals surface area contributed by atoms with E-state index < -0.39 is 10.0 Å². The van der Waals surface area contributed by atoms with Crippen molar-refractivity contribution < 1.29 is 13.2 Å². The molecule has 0 saturated carbocycles. The highest BCUT2D eigenvalue weighted by Gasteiger charge is 2.38. The number of halogens is 1. The standard InChI is InChI=1S/C22H22ClN5O3S2/c1-14-24-25-22(32-14)26-33(30,31)18-7-5-17(6-8-18)27-12-10-20(21(27)29)28-11-2-3-15-13-16(23)4-9-19(15)28/h4-9,13,20H,2-3,10-12H2,1H3,(H,25,26)/t20-/m0/s1. The highest BCUT2D eigenvalue weighted by Crippen LogP contribution is 2.35. The summed E-state index contributed by atoms with van der Waals surface area (Å²) in [5.41, 5.74) is 2.93. The summed E-state index contributed by atoms with van der Waals surface area (Å²) in [6.07, 6.45) is 2.64. The Morgan fingerprint density at radius 3 is 2.64 bits per heavy atom. The normalized spacial score (nSPS) is 18.5. The van der Waals surface area contributed by atoms with Crippen LogP contribution in [-0.2, 0) is 21.2 Å². The Hall–Kier alpha value is -2.69. The molecule has 0 aliphatic carbocycles. The molecular weight excluding hydrogens is 482 g/mol. The number of aryl methyl sites for hydroxylation is 2. The van der Waals surface area contributed by atoms with E-state index >= 15 is 0 Å². The van der Waals surface area contributed by atoms with Gasteiger partial charge in [0.25, 0.3) is 10.0 Å². The van der Waals surface area contributed by atoms with Crippen LogP contribution in [0, 0.1) is 6.92 Å². The van der Waals surface area contributed by atoms with Gasteiger partial charge in [-0.25, -0.2) is 8.42 Å². The van der Waals surface area contributed by atoms with Gasteiger partial charge in [-0.2, -0.15) is 0 Å². The summed E-state index contributed by atoms with van der Waals surface area (Å²) in [6, 6.07) is 12.0. The molecule has 8 nitrogen and oxygen atoms in total. The molecule has 3 heterocycles. The number of rotatable bonds is 5. The van der Waals surface area contributed by atoms with Crippen molar-refractivity contribution in [3.63, 3.8) is 0 Å². The van der Waals surface area contributed by atoms with E-state index in [0.29, 0.717) is 28.7 Å². The van der Waals surface area contributed by atoms with Crippen LogP contribution in [0.25, 0.3) is 0 Å². The van der Waals surface area contributed by atoms with Crippen molar-refractivity contribution in [2.24, 2.45) is 0 Å². The molecule has 11 heteroatoms. The Balaban J connectivity index is 1.33. The molecule has 1 amide bonds. The lowest BCUT2D eigenvalue weighted by molar-refractivity contribution is -0.118. The summed E-state index contributed by atoms with van der Waals surface area (Å²) in [5.74, 6) is 0.0240. The smallest absolute Gasteiger partial charge is 0.263 e. The summed E-state index contributed by atoms with van der Waals surface area (Å²) in [6.45, 7) is 3.16. The van der Waals surface area contributed by atoms with Crippen LogP contribution in [0.2, 0.25) is 5.02 Å². The molecule has 5 rings (SSSR count). The molecule has 2 aromatic carbocycles. The number of sulfonamides is 1. The average Bonchev–Trinajstić information content (AvgIpc) is 3.37. The summed E-state index contributed by atoms with van der Waals surface area (Å²) in [4.78, 5) is 17.3. The second kappa shape index (κ2) is 8.58. The molecule has 0 spiro atoms. The lowest BCUT2D eigenvalue weighted by Crippen LogP contribution is -2.44. The van der Waals surface area contributed by atoms with Crippen molar-refractivity contribution in [2.45, 2.75) is 37.1 Å². The molecule has 1 saturated heterocycles. The van der Waals surface area contributed by atoms with Crippen LogP contribution in [-0.4, -0.2) is 43.7 Å². The van der Waals surface area contributed by atoms with Gasteiger partial charge in [-0.3, -0.25) is 9.52 Å². The fourth-order valence-corrected chi connectivity index (χ4v) is 6.46. The van der Waals surface area contributed by atoms with Crippen LogP contribution in [0.1, 0.15) is 23.4 Å². The summed E-state index contributed by atoms with van der Waals surface area (Å²) in [5, 5.41) is 9.22. The molecule has 1 N–H and O–H groups in total. The van der Waals surface area contributed by atoms with Gasteiger partial charge in [0.15, 0.2) is 0 Å². The van der Waals surface area contributed by atoms with Crippen LogP contribution in [0.3, 0.4) is 0 Å². The molecule has 2 aliphatic rings. The predicted octanol–water partition coefficient (Wildman–Crippen LogP) is 3.86. The number of fused-ring (bicyclic) bond motifs is 1. The van der Waals surface area contributed by atoms with Crippen molar-refractivity contribution in [2.75, 3.05) is 27.6 Å². The Labute approximate surface area is 201 Å². The molecule has 0 unspecified atom stereocenters. The molecule has 0 radical (unpaired) electrons. The third-order valence-corrected chi connectivity index (χ3v) is 8.43. The first kappa shape index (κ1) is 22.1. The Bertz CT molecular complexity index is 1310. The maximum Gasteiger partial charge on any atom is 0.263 e. The second-order valence-electron chi connectivity index (χ2n) is 8.09. The van der Waals surface area contributed by atoms with Gasteiger partial charge in [0, 0.05) is 29.5 Å². The minimum absolute atomic E-state index is 0.0240. The number of hydrogen-bond donors (Lipinski definition) is 1. The monoisotopic (exact) mass is 503 g/mol. The zero-order valence-electron chi connectivity index (χ0n) is 17.9. The third kappa shape index (κ3) is 4.30. The van der Waals surface area contributed by atoms with Crippen LogP contribution in [0.4, 0.5) is 16.5 Å². The van der Waals surface area contributed by atoms with E-state index in [4.69, 9.17) is 11.6 Å². The van der Waals surface area contributed by atoms with E-state index in [0.717, 1.165) is 25.1 Å². The number of nitrogens with zero attached hydrogens (tertiary/aromatic N) is 4. The van der Waals surface area contributed by atoms with Gasteiger partial charge in [-0.15, -0.1) is 10.2 Å². The highest BCUT2D eigenvalue weighted by molar-refractivity contribution is 7.93. The number of carbonyl (C=O) groups is 1. The number of aromatic nitrogens is 2. The number of nitrogens with one attached hydrogen (secondary N) is 1. The lowest BCUT2D eigenvalue weighted by Gasteiger charge is -2.35. The zero-order chi connectivity index (χ0) is 23.2. The van der Waals surface area contributed by atoms with Gasteiger partial charge >= 0.3 is 0 Å². The molecule has 1 atom stereocenters. The minimum atomic E-state index is -3.78. The quantitative estimate of drug-likeness (QED) is 0.568. The van der Waals surface area contributed by atoms with Gasteiger partial charge in [0.2, 0.25) is 11.0 Å². The summed E-state index contributed by atoms with van der Waals surface area (Å²) < 4.78 is 27.7. The molecule has 33 heavy (non-hydrogen) atoms. The number of benzene rings is 2. The van der Waals surface area contributed by atoms with E-state index in [1.165, 1.54) is 29.0 Å². The summed E-state index contributed by atoms with van der Waals surface area (Å²) >= 11 is 7.33. The Morgan fingerprint density at radius 2 is 1.91 bits per heavy atom.